The third-order valence-corrected chi connectivity index (χ3v) is 7.61. The molecule has 0 unspecified atom stereocenters. The van der Waals surface area contributed by atoms with Crippen molar-refractivity contribution in [2.45, 2.75) is 56.4 Å². The fourth-order valence-corrected chi connectivity index (χ4v) is 5.56. The van der Waals surface area contributed by atoms with E-state index in [4.69, 9.17) is 9.47 Å². The molecule has 3 fully saturated rings. The molecule has 3 amide bonds. The van der Waals surface area contributed by atoms with Gasteiger partial charge in [0.2, 0.25) is 17.7 Å². The number of carbonyl (C=O) groups excluding carboxylic acids is 3. The Bertz CT molecular complexity index is 894. The van der Waals surface area contributed by atoms with E-state index in [1.165, 1.54) is 4.90 Å². The summed E-state index contributed by atoms with van der Waals surface area (Å²) in [5.74, 6) is 0.109. The van der Waals surface area contributed by atoms with Crippen molar-refractivity contribution in [3.8, 4) is 5.75 Å². The molecule has 186 valence electrons. The highest BCUT2D eigenvalue weighted by Gasteiger charge is 2.55. The first-order valence-electron chi connectivity index (χ1n) is 12.5. The minimum atomic E-state index is -1.18. The Hall–Kier alpha value is -2.45. The Balaban J connectivity index is 1.51. The summed E-state index contributed by atoms with van der Waals surface area (Å²) in [6.45, 7) is 4.87. The van der Waals surface area contributed by atoms with Crippen LogP contribution < -0.4 is 4.74 Å². The van der Waals surface area contributed by atoms with Gasteiger partial charge < -0.3 is 14.4 Å². The lowest BCUT2D eigenvalue weighted by Gasteiger charge is -2.31. The summed E-state index contributed by atoms with van der Waals surface area (Å²) in [4.78, 5) is 45.9. The second-order valence-electron chi connectivity index (χ2n) is 9.80. The van der Waals surface area contributed by atoms with E-state index in [-0.39, 0.29) is 36.6 Å². The summed E-state index contributed by atoms with van der Waals surface area (Å²) >= 11 is 0. The molecule has 34 heavy (non-hydrogen) atoms. The molecular formula is C26H37N3O5. The van der Waals surface area contributed by atoms with Crippen molar-refractivity contribution in [2.24, 2.45) is 0 Å². The molecule has 0 bridgehead atoms. The number of hydrogen-bond acceptors (Lipinski definition) is 6. The van der Waals surface area contributed by atoms with Crippen molar-refractivity contribution in [1.82, 2.24) is 14.7 Å². The van der Waals surface area contributed by atoms with Crippen LogP contribution in [0.1, 0.15) is 50.5 Å². The molecule has 2 saturated heterocycles. The van der Waals surface area contributed by atoms with Gasteiger partial charge >= 0.3 is 0 Å². The molecule has 1 aromatic carbocycles. The molecule has 4 rings (SSSR count). The fourth-order valence-electron chi connectivity index (χ4n) is 5.56. The summed E-state index contributed by atoms with van der Waals surface area (Å²) in [6.07, 6.45) is 4.62. The number of likely N-dealkylation sites (tertiary alicyclic amines) is 1. The van der Waals surface area contributed by atoms with E-state index in [9.17, 15) is 14.4 Å². The van der Waals surface area contributed by atoms with Crippen molar-refractivity contribution in [3.63, 3.8) is 0 Å². The zero-order valence-electron chi connectivity index (χ0n) is 20.5. The number of nitrogens with zero attached hydrogens (tertiary/aromatic N) is 3. The van der Waals surface area contributed by atoms with Crippen LogP contribution in [0.3, 0.4) is 0 Å². The van der Waals surface area contributed by atoms with Gasteiger partial charge in [-0.25, -0.2) is 0 Å². The molecule has 2 aliphatic heterocycles. The third kappa shape index (κ3) is 5.13. The second kappa shape index (κ2) is 10.9. The number of imide groups is 1. The Kier molecular flexibility index (Phi) is 7.88. The number of amides is 3. The standard InChI is InChI=1S/C26H37N3O5/c1-27(11-6-12-28-13-15-34-16-14-28)23(30)18-26(20-7-5-10-22(17-20)33-2)19-24(31)29(25(26)32)21-8-3-4-9-21/h5,7,10,17,21H,3-4,6,8-9,11-16,18-19H2,1-2H3/t26-/m1/s1. The van der Waals surface area contributed by atoms with Crippen LogP contribution in [0.5, 0.6) is 5.75 Å². The smallest absolute Gasteiger partial charge is 0.241 e. The number of hydrogen-bond donors (Lipinski definition) is 0. The van der Waals surface area contributed by atoms with Crippen LogP contribution in [0, 0.1) is 0 Å². The molecule has 2 heterocycles. The lowest BCUT2D eigenvalue weighted by molar-refractivity contribution is -0.144. The minimum Gasteiger partial charge on any atom is -0.497 e. The highest BCUT2D eigenvalue weighted by Crippen LogP contribution is 2.43. The van der Waals surface area contributed by atoms with Crippen LogP contribution in [0.25, 0.3) is 0 Å². The lowest BCUT2D eigenvalue weighted by Crippen LogP contribution is -2.45. The zero-order valence-corrected chi connectivity index (χ0v) is 20.5. The Morgan fingerprint density at radius 3 is 2.65 bits per heavy atom. The molecular weight excluding hydrogens is 434 g/mol. The fraction of sp³-hybridized carbons (Fsp3) is 0.654. The number of methoxy groups -OCH3 is 1. The maximum Gasteiger partial charge on any atom is 0.241 e. The summed E-state index contributed by atoms with van der Waals surface area (Å²) in [6, 6.07) is 7.23. The van der Waals surface area contributed by atoms with Crippen LogP contribution in [0.15, 0.2) is 24.3 Å². The topological polar surface area (TPSA) is 79.4 Å². The Labute approximate surface area is 202 Å². The Morgan fingerprint density at radius 2 is 1.94 bits per heavy atom. The lowest BCUT2D eigenvalue weighted by atomic mass is 9.75. The highest BCUT2D eigenvalue weighted by atomic mass is 16.5. The number of ether oxygens (including phenoxy) is 2. The van der Waals surface area contributed by atoms with Gasteiger partial charge in [0.05, 0.1) is 25.7 Å². The largest absolute Gasteiger partial charge is 0.497 e. The molecule has 1 atom stereocenters. The SMILES string of the molecule is COc1cccc([C@@]2(CC(=O)N(C)CCCN3CCOCC3)CC(=O)N(C3CCCC3)C2=O)c1. The quantitative estimate of drug-likeness (QED) is 0.514. The minimum absolute atomic E-state index is 0.0119. The first kappa shape index (κ1) is 24.7. The predicted octanol–water partition coefficient (Wildman–Crippen LogP) is 2.21. The van der Waals surface area contributed by atoms with Gasteiger partial charge in [0, 0.05) is 52.1 Å². The number of morpholine rings is 1. The van der Waals surface area contributed by atoms with Crippen molar-refractivity contribution < 1.29 is 23.9 Å². The average molecular weight is 472 g/mol. The van der Waals surface area contributed by atoms with Crippen LogP contribution >= 0.6 is 0 Å². The van der Waals surface area contributed by atoms with Gasteiger partial charge in [-0.1, -0.05) is 25.0 Å². The van der Waals surface area contributed by atoms with Crippen LogP contribution in [0.2, 0.25) is 0 Å². The molecule has 0 spiro atoms. The van der Waals surface area contributed by atoms with Gasteiger partial charge in [-0.3, -0.25) is 24.2 Å². The van der Waals surface area contributed by atoms with Gasteiger partial charge in [-0.2, -0.15) is 0 Å². The maximum atomic E-state index is 13.9. The maximum absolute atomic E-state index is 13.9. The number of rotatable bonds is 9. The van der Waals surface area contributed by atoms with E-state index in [1.807, 2.05) is 18.2 Å². The summed E-state index contributed by atoms with van der Waals surface area (Å²) in [7, 11) is 3.36. The average Bonchev–Trinajstić information content (AvgIpc) is 3.46. The van der Waals surface area contributed by atoms with Gasteiger partial charge in [0.1, 0.15) is 5.75 Å². The third-order valence-electron chi connectivity index (χ3n) is 7.61. The Morgan fingerprint density at radius 1 is 1.21 bits per heavy atom. The molecule has 1 aliphatic carbocycles. The first-order chi connectivity index (χ1) is 16.4. The first-order valence-corrected chi connectivity index (χ1v) is 12.5. The van der Waals surface area contributed by atoms with Gasteiger partial charge in [-0.15, -0.1) is 0 Å². The van der Waals surface area contributed by atoms with Crippen LogP contribution in [-0.4, -0.2) is 92.0 Å². The van der Waals surface area contributed by atoms with Crippen molar-refractivity contribution in [1.29, 1.82) is 0 Å². The monoisotopic (exact) mass is 471 g/mol. The van der Waals surface area contributed by atoms with Crippen molar-refractivity contribution in [3.05, 3.63) is 29.8 Å². The molecule has 1 saturated carbocycles. The highest BCUT2D eigenvalue weighted by molar-refractivity contribution is 6.11. The van der Waals surface area contributed by atoms with E-state index in [1.54, 1.807) is 25.1 Å². The predicted molar refractivity (Wildman–Crippen MR) is 128 cm³/mol. The molecule has 0 aromatic heterocycles. The van der Waals surface area contributed by atoms with E-state index in [0.717, 1.165) is 65.0 Å². The van der Waals surface area contributed by atoms with Gasteiger partial charge in [-0.05, 0) is 37.0 Å². The molecule has 8 heteroatoms. The normalized spacial score (nSPS) is 24.1. The van der Waals surface area contributed by atoms with E-state index >= 15 is 0 Å². The number of benzene rings is 1. The van der Waals surface area contributed by atoms with Crippen LogP contribution in [0.4, 0.5) is 0 Å². The van der Waals surface area contributed by atoms with E-state index in [2.05, 4.69) is 4.90 Å². The van der Waals surface area contributed by atoms with E-state index < -0.39 is 5.41 Å². The van der Waals surface area contributed by atoms with Crippen molar-refractivity contribution >= 4 is 17.7 Å². The molecule has 0 radical (unpaired) electrons. The number of carbonyl (C=O) groups is 3. The zero-order chi connectivity index (χ0) is 24.1. The summed E-state index contributed by atoms with van der Waals surface area (Å²) in [5, 5.41) is 0. The molecule has 8 nitrogen and oxygen atoms in total. The van der Waals surface area contributed by atoms with Gasteiger partial charge in [0.25, 0.3) is 0 Å². The molecule has 0 N–H and O–H groups in total. The molecule has 3 aliphatic rings. The van der Waals surface area contributed by atoms with Crippen LogP contribution in [-0.2, 0) is 24.5 Å². The van der Waals surface area contributed by atoms with Crippen molar-refractivity contribution in [2.75, 3.05) is 53.6 Å². The summed E-state index contributed by atoms with van der Waals surface area (Å²) < 4.78 is 10.8. The van der Waals surface area contributed by atoms with Gasteiger partial charge in [0.15, 0.2) is 0 Å². The summed E-state index contributed by atoms with van der Waals surface area (Å²) in [5.41, 5.74) is -0.496. The van der Waals surface area contributed by atoms with E-state index in [0.29, 0.717) is 17.9 Å². The molecule has 1 aromatic rings. The second-order valence-corrected chi connectivity index (χ2v) is 9.80.